The summed E-state index contributed by atoms with van der Waals surface area (Å²) in [6, 6.07) is 24.1. The number of benzene rings is 3. The van der Waals surface area contributed by atoms with Gasteiger partial charge in [-0.25, -0.2) is 0 Å². The van der Waals surface area contributed by atoms with Crippen molar-refractivity contribution in [2.75, 3.05) is 0 Å². The van der Waals surface area contributed by atoms with E-state index < -0.39 is 6.85 Å². The Morgan fingerprint density at radius 1 is 0.821 bits per heavy atom. The number of furan rings is 1. The SMILES string of the molecule is [2H]C([2H])([2H])c1cc[n+](-c2c(C)ccc3c2oc2cc(-c4ccccc4)ccc23)c(C)c1. The van der Waals surface area contributed by atoms with Crippen LogP contribution in [0.3, 0.4) is 0 Å². The number of nitrogens with zero attached hydrogens (tertiary/aromatic N) is 1. The Balaban J connectivity index is 1.73. The maximum absolute atomic E-state index is 7.69. The van der Waals surface area contributed by atoms with Crippen LogP contribution in [0.5, 0.6) is 0 Å². The molecule has 0 saturated heterocycles. The molecule has 0 atom stereocenters. The number of rotatable bonds is 2. The summed E-state index contributed by atoms with van der Waals surface area (Å²) in [6.07, 6.45) is 1.82. The number of hydrogen-bond acceptors (Lipinski definition) is 1. The van der Waals surface area contributed by atoms with Crippen LogP contribution in [0.25, 0.3) is 38.8 Å². The second-order valence-corrected chi connectivity index (χ2v) is 7.21. The lowest BCUT2D eigenvalue weighted by atomic mass is 10.0. The first-order chi connectivity index (χ1) is 14.8. The van der Waals surface area contributed by atoms with Crippen molar-refractivity contribution in [1.82, 2.24) is 0 Å². The van der Waals surface area contributed by atoms with E-state index in [4.69, 9.17) is 8.53 Å². The highest BCUT2D eigenvalue weighted by Gasteiger charge is 2.22. The third-order valence-electron chi connectivity index (χ3n) is 5.31. The Labute approximate surface area is 168 Å². The number of pyridine rings is 1. The molecule has 0 aliphatic heterocycles. The molecule has 5 aromatic rings. The van der Waals surface area contributed by atoms with Gasteiger partial charge in [0.25, 0.3) is 5.69 Å². The van der Waals surface area contributed by atoms with Crippen molar-refractivity contribution in [3.8, 4) is 16.8 Å². The minimum Gasteiger partial charge on any atom is -0.449 e. The molecule has 0 spiro atoms. The Hall–Kier alpha value is -3.39. The first-order valence-electron chi connectivity index (χ1n) is 10.9. The molecule has 5 rings (SSSR count). The molecule has 2 aromatic heterocycles. The summed E-state index contributed by atoms with van der Waals surface area (Å²) >= 11 is 0. The summed E-state index contributed by atoms with van der Waals surface area (Å²) < 4.78 is 31.5. The van der Waals surface area contributed by atoms with E-state index in [0.29, 0.717) is 5.56 Å². The predicted molar refractivity (Wildman–Crippen MR) is 115 cm³/mol. The van der Waals surface area contributed by atoms with Gasteiger partial charge in [0.1, 0.15) is 5.58 Å². The molecule has 0 aliphatic carbocycles. The molecule has 0 unspecified atom stereocenters. The van der Waals surface area contributed by atoms with Crippen molar-refractivity contribution in [1.29, 1.82) is 0 Å². The highest BCUT2D eigenvalue weighted by atomic mass is 16.3. The minimum atomic E-state index is -2.13. The van der Waals surface area contributed by atoms with E-state index in [0.717, 1.165) is 50.0 Å². The molecular formula is C26H22NO+. The molecule has 0 amide bonds. The van der Waals surface area contributed by atoms with E-state index >= 15 is 0 Å². The smallest absolute Gasteiger partial charge is 0.257 e. The van der Waals surface area contributed by atoms with Crippen LogP contribution in [0.4, 0.5) is 0 Å². The minimum absolute atomic E-state index is 0.336. The van der Waals surface area contributed by atoms with Gasteiger partial charge in [0.15, 0.2) is 11.9 Å². The molecular weight excluding hydrogens is 342 g/mol. The zero-order valence-corrected chi connectivity index (χ0v) is 15.9. The monoisotopic (exact) mass is 367 g/mol. The summed E-state index contributed by atoms with van der Waals surface area (Å²) in [4.78, 5) is 0. The van der Waals surface area contributed by atoms with Crippen LogP contribution in [0.1, 0.15) is 20.9 Å². The van der Waals surface area contributed by atoms with Crippen LogP contribution in [-0.2, 0) is 0 Å². The van der Waals surface area contributed by atoms with Gasteiger partial charge in [0, 0.05) is 39.5 Å². The molecule has 2 heteroatoms. The van der Waals surface area contributed by atoms with Crippen molar-refractivity contribution in [2.45, 2.75) is 20.7 Å². The molecule has 0 fully saturated rings. The van der Waals surface area contributed by atoms with Crippen LogP contribution in [0.15, 0.2) is 83.4 Å². The van der Waals surface area contributed by atoms with Gasteiger partial charge in [-0.3, -0.25) is 0 Å². The van der Waals surface area contributed by atoms with Crippen molar-refractivity contribution in [2.24, 2.45) is 0 Å². The quantitative estimate of drug-likeness (QED) is 0.327. The zero-order valence-electron chi connectivity index (χ0n) is 18.9. The zero-order chi connectivity index (χ0) is 21.8. The molecule has 28 heavy (non-hydrogen) atoms. The average molecular weight is 367 g/mol. The normalized spacial score (nSPS) is 13.4. The third kappa shape index (κ3) is 2.61. The molecule has 0 aliphatic rings. The number of fused-ring (bicyclic) bond motifs is 3. The van der Waals surface area contributed by atoms with Crippen molar-refractivity contribution in [3.63, 3.8) is 0 Å². The fraction of sp³-hybridized carbons (Fsp3) is 0.115. The summed E-state index contributed by atoms with van der Waals surface area (Å²) in [7, 11) is 0. The fourth-order valence-corrected chi connectivity index (χ4v) is 3.90. The summed E-state index contributed by atoms with van der Waals surface area (Å²) in [6.45, 7) is 1.84. The second-order valence-electron chi connectivity index (χ2n) is 7.21. The largest absolute Gasteiger partial charge is 0.449 e. The Kier molecular flexibility index (Phi) is 3.11. The van der Waals surface area contributed by atoms with Gasteiger partial charge in [0.2, 0.25) is 5.58 Å². The van der Waals surface area contributed by atoms with Gasteiger partial charge in [0.05, 0.1) is 0 Å². The lowest BCUT2D eigenvalue weighted by Gasteiger charge is -2.04. The van der Waals surface area contributed by atoms with Crippen LogP contribution in [0.2, 0.25) is 0 Å². The van der Waals surface area contributed by atoms with E-state index in [-0.39, 0.29) is 0 Å². The average Bonchev–Trinajstić information content (AvgIpc) is 3.12. The number of aryl methyl sites for hydroxylation is 3. The maximum atomic E-state index is 7.69. The third-order valence-corrected chi connectivity index (χ3v) is 5.31. The van der Waals surface area contributed by atoms with Gasteiger partial charge in [-0.2, -0.15) is 4.57 Å². The molecule has 136 valence electrons. The van der Waals surface area contributed by atoms with E-state index in [1.165, 1.54) is 0 Å². The second kappa shape index (κ2) is 6.35. The summed E-state index contributed by atoms with van der Waals surface area (Å²) in [5.41, 5.74) is 7.06. The van der Waals surface area contributed by atoms with Gasteiger partial charge in [-0.05, 0) is 48.7 Å². The van der Waals surface area contributed by atoms with E-state index in [9.17, 15) is 0 Å². The van der Waals surface area contributed by atoms with Crippen molar-refractivity contribution in [3.05, 3.63) is 95.8 Å². The summed E-state index contributed by atoms with van der Waals surface area (Å²) in [5.74, 6) is 0. The van der Waals surface area contributed by atoms with Crippen LogP contribution in [0, 0.1) is 20.7 Å². The van der Waals surface area contributed by atoms with Gasteiger partial charge in [-0.1, -0.05) is 42.5 Å². The molecule has 0 N–H and O–H groups in total. The van der Waals surface area contributed by atoms with Crippen molar-refractivity contribution >= 4 is 21.9 Å². The topological polar surface area (TPSA) is 17.0 Å². The van der Waals surface area contributed by atoms with Crippen molar-refractivity contribution < 1.29 is 13.1 Å². The molecule has 0 saturated carbocycles. The van der Waals surface area contributed by atoms with E-state index in [2.05, 4.69) is 42.5 Å². The van der Waals surface area contributed by atoms with Gasteiger partial charge in [-0.15, -0.1) is 0 Å². The lowest BCUT2D eigenvalue weighted by molar-refractivity contribution is -0.602. The Morgan fingerprint density at radius 2 is 1.64 bits per heavy atom. The van der Waals surface area contributed by atoms with Crippen LogP contribution < -0.4 is 4.57 Å². The van der Waals surface area contributed by atoms with E-state index in [1.807, 2.05) is 42.8 Å². The first kappa shape index (κ1) is 13.7. The van der Waals surface area contributed by atoms with Crippen LogP contribution >= 0.6 is 0 Å². The van der Waals surface area contributed by atoms with Gasteiger partial charge < -0.3 is 4.42 Å². The number of hydrogen-bond donors (Lipinski definition) is 0. The lowest BCUT2D eigenvalue weighted by Crippen LogP contribution is -2.34. The fourth-order valence-electron chi connectivity index (χ4n) is 3.90. The van der Waals surface area contributed by atoms with Gasteiger partial charge >= 0.3 is 0 Å². The Bertz CT molecular complexity index is 1430. The van der Waals surface area contributed by atoms with Crippen LogP contribution in [-0.4, -0.2) is 0 Å². The Morgan fingerprint density at radius 3 is 2.43 bits per heavy atom. The molecule has 0 radical (unpaired) electrons. The standard InChI is InChI=1S/C26H22NO/c1-17-13-14-27(19(3)15-17)25-18(2)9-11-23-22-12-10-21(16-24(22)28-26(23)25)20-7-5-4-6-8-20/h4-16H,1-3H3/q+1/i1D3. The molecule has 2 nitrogen and oxygen atoms in total. The summed E-state index contributed by atoms with van der Waals surface area (Å²) in [5, 5.41) is 2.11. The number of aromatic nitrogens is 1. The highest BCUT2D eigenvalue weighted by molar-refractivity contribution is 6.08. The van der Waals surface area contributed by atoms with E-state index in [1.54, 1.807) is 12.1 Å². The molecule has 0 bridgehead atoms. The molecule has 2 heterocycles. The predicted octanol–water partition coefficient (Wildman–Crippen LogP) is 6.45. The maximum Gasteiger partial charge on any atom is 0.257 e. The molecule has 3 aromatic carbocycles. The first-order valence-corrected chi connectivity index (χ1v) is 9.37. The highest BCUT2D eigenvalue weighted by Crippen LogP contribution is 2.35.